The van der Waals surface area contributed by atoms with E-state index in [-0.39, 0.29) is 5.75 Å². The second-order valence-corrected chi connectivity index (χ2v) is 5.29. The SMILES string of the molecule is CC(Oc1ccccc1)(Oc1ccccc1)c1ccccc1O. The fourth-order valence-corrected chi connectivity index (χ4v) is 2.42. The molecule has 23 heavy (non-hydrogen) atoms. The number of ether oxygens (including phenoxy) is 2. The lowest BCUT2D eigenvalue weighted by atomic mass is 10.1. The standard InChI is InChI=1S/C20H18O3/c1-20(18-14-8-9-15-19(18)21,22-16-10-4-2-5-11-16)23-17-12-6-3-7-13-17/h2-15,21H,1H3. The van der Waals surface area contributed by atoms with Crippen molar-refractivity contribution in [3.63, 3.8) is 0 Å². The van der Waals surface area contributed by atoms with E-state index in [9.17, 15) is 5.11 Å². The summed E-state index contributed by atoms with van der Waals surface area (Å²) in [7, 11) is 0. The Morgan fingerprint density at radius 1 is 0.652 bits per heavy atom. The van der Waals surface area contributed by atoms with Gasteiger partial charge >= 0.3 is 0 Å². The van der Waals surface area contributed by atoms with Crippen molar-refractivity contribution in [2.75, 3.05) is 0 Å². The van der Waals surface area contributed by atoms with Crippen molar-refractivity contribution in [1.29, 1.82) is 0 Å². The third kappa shape index (κ3) is 3.46. The molecule has 3 nitrogen and oxygen atoms in total. The summed E-state index contributed by atoms with van der Waals surface area (Å²) in [5.41, 5.74) is 0.563. The highest BCUT2D eigenvalue weighted by molar-refractivity contribution is 5.38. The van der Waals surface area contributed by atoms with E-state index in [1.807, 2.05) is 66.7 Å². The average Bonchev–Trinajstić information content (AvgIpc) is 2.57. The molecule has 0 aromatic heterocycles. The lowest BCUT2D eigenvalue weighted by Crippen LogP contribution is -2.36. The molecular formula is C20H18O3. The van der Waals surface area contributed by atoms with E-state index < -0.39 is 5.79 Å². The maximum atomic E-state index is 10.2. The van der Waals surface area contributed by atoms with Gasteiger partial charge in [0, 0.05) is 6.92 Å². The van der Waals surface area contributed by atoms with Gasteiger partial charge in [0.1, 0.15) is 17.2 Å². The van der Waals surface area contributed by atoms with Gasteiger partial charge in [-0.15, -0.1) is 0 Å². The van der Waals surface area contributed by atoms with E-state index >= 15 is 0 Å². The molecule has 1 N–H and O–H groups in total. The van der Waals surface area contributed by atoms with Gasteiger partial charge in [-0.2, -0.15) is 0 Å². The molecule has 3 aromatic rings. The van der Waals surface area contributed by atoms with Gasteiger partial charge in [0.25, 0.3) is 5.79 Å². The maximum Gasteiger partial charge on any atom is 0.278 e. The van der Waals surface area contributed by atoms with Crippen molar-refractivity contribution in [3.05, 3.63) is 90.5 Å². The van der Waals surface area contributed by atoms with Crippen LogP contribution in [0.5, 0.6) is 17.2 Å². The maximum absolute atomic E-state index is 10.2. The lowest BCUT2D eigenvalue weighted by molar-refractivity contribution is -0.106. The van der Waals surface area contributed by atoms with E-state index in [2.05, 4.69) is 0 Å². The Balaban J connectivity index is 2.00. The minimum atomic E-state index is -1.16. The van der Waals surface area contributed by atoms with Crippen molar-refractivity contribution in [2.24, 2.45) is 0 Å². The van der Waals surface area contributed by atoms with Crippen molar-refractivity contribution in [3.8, 4) is 17.2 Å². The van der Waals surface area contributed by atoms with Gasteiger partial charge in [0.2, 0.25) is 0 Å². The minimum absolute atomic E-state index is 0.127. The summed E-state index contributed by atoms with van der Waals surface area (Å²) < 4.78 is 12.2. The summed E-state index contributed by atoms with van der Waals surface area (Å²) in [5, 5.41) is 10.2. The van der Waals surface area contributed by atoms with Crippen LogP contribution in [0.1, 0.15) is 12.5 Å². The molecule has 0 radical (unpaired) electrons. The fourth-order valence-electron chi connectivity index (χ4n) is 2.42. The molecule has 3 heteroatoms. The number of phenolic OH excluding ortho intramolecular Hbond substituents is 1. The third-order valence-corrected chi connectivity index (χ3v) is 3.50. The van der Waals surface area contributed by atoms with E-state index in [0.29, 0.717) is 17.1 Å². The van der Waals surface area contributed by atoms with Crippen LogP contribution >= 0.6 is 0 Å². The predicted molar refractivity (Wildman–Crippen MR) is 89.6 cm³/mol. The zero-order valence-electron chi connectivity index (χ0n) is 12.8. The van der Waals surface area contributed by atoms with Crippen LogP contribution in [-0.2, 0) is 5.79 Å². The average molecular weight is 306 g/mol. The summed E-state index contributed by atoms with van der Waals surface area (Å²) in [6.07, 6.45) is 0. The van der Waals surface area contributed by atoms with Gasteiger partial charge in [-0.1, -0.05) is 48.5 Å². The summed E-state index contributed by atoms with van der Waals surface area (Å²) in [5.74, 6) is 0.291. The quantitative estimate of drug-likeness (QED) is 0.693. The molecule has 0 heterocycles. The Hall–Kier alpha value is -2.94. The van der Waals surface area contributed by atoms with Gasteiger partial charge < -0.3 is 14.6 Å². The first-order valence-corrected chi connectivity index (χ1v) is 7.44. The Labute approximate surface area is 135 Å². The van der Waals surface area contributed by atoms with Crippen molar-refractivity contribution in [2.45, 2.75) is 12.7 Å². The van der Waals surface area contributed by atoms with Crippen molar-refractivity contribution >= 4 is 0 Å². The summed E-state index contributed by atoms with van der Waals surface area (Å²) >= 11 is 0. The Kier molecular flexibility index (Phi) is 4.20. The molecule has 0 aliphatic rings. The van der Waals surface area contributed by atoms with Gasteiger partial charge in [0.15, 0.2) is 0 Å². The second-order valence-electron chi connectivity index (χ2n) is 5.29. The molecule has 3 aromatic carbocycles. The Bertz CT molecular complexity index is 713. The molecule has 0 aliphatic carbocycles. The van der Waals surface area contributed by atoms with Crippen LogP contribution < -0.4 is 9.47 Å². The van der Waals surface area contributed by atoms with Crippen molar-refractivity contribution in [1.82, 2.24) is 0 Å². The summed E-state index contributed by atoms with van der Waals surface area (Å²) in [4.78, 5) is 0. The van der Waals surface area contributed by atoms with Gasteiger partial charge in [-0.05, 0) is 36.4 Å². The number of hydrogen-bond donors (Lipinski definition) is 1. The van der Waals surface area contributed by atoms with E-state index in [1.165, 1.54) is 0 Å². The Morgan fingerprint density at radius 2 is 1.09 bits per heavy atom. The van der Waals surface area contributed by atoms with E-state index in [1.54, 1.807) is 25.1 Å². The first kappa shape index (κ1) is 15.0. The van der Waals surface area contributed by atoms with Gasteiger partial charge in [-0.3, -0.25) is 0 Å². The summed E-state index contributed by atoms with van der Waals surface area (Å²) in [6.45, 7) is 1.79. The molecule has 0 spiro atoms. The van der Waals surface area contributed by atoms with E-state index in [4.69, 9.17) is 9.47 Å². The molecule has 3 rings (SSSR count). The number of benzene rings is 3. The smallest absolute Gasteiger partial charge is 0.278 e. The highest BCUT2D eigenvalue weighted by Gasteiger charge is 2.34. The topological polar surface area (TPSA) is 38.7 Å². The van der Waals surface area contributed by atoms with Crippen LogP contribution in [0.2, 0.25) is 0 Å². The van der Waals surface area contributed by atoms with Crippen LogP contribution in [0.4, 0.5) is 0 Å². The molecule has 0 unspecified atom stereocenters. The molecule has 0 aliphatic heterocycles. The highest BCUT2D eigenvalue weighted by atomic mass is 16.7. The largest absolute Gasteiger partial charge is 0.507 e. The lowest BCUT2D eigenvalue weighted by Gasteiger charge is -2.32. The Morgan fingerprint density at radius 3 is 1.57 bits per heavy atom. The molecule has 0 amide bonds. The first-order chi connectivity index (χ1) is 11.2. The van der Waals surface area contributed by atoms with Crippen LogP contribution in [0.3, 0.4) is 0 Å². The summed E-state index contributed by atoms with van der Waals surface area (Å²) in [6, 6.07) is 25.8. The molecule has 0 atom stereocenters. The molecule has 116 valence electrons. The zero-order chi connectivity index (χ0) is 16.1. The van der Waals surface area contributed by atoms with Gasteiger partial charge in [-0.25, -0.2) is 0 Å². The highest BCUT2D eigenvalue weighted by Crippen LogP contribution is 2.35. The molecular weight excluding hydrogens is 288 g/mol. The van der Waals surface area contributed by atoms with Crippen LogP contribution in [0.25, 0.3) is 0 Å². The predicted octanol–water partition coefficient (Wildman–Crippen LogP) is 4.72. The third-order valence-electron chi connectivity index (χ3n) is 3.50. The fraction of sp³-hybridized carbons (Fsp3) is 0.100. The van der Waals surface area contributed by atoms with E-state index in [0.717, 1.165) is 0 Å². The molecule has 0 saturated carbocycles. The monoisotopic (exact) mass is 306 g/mol. The number of rotatable bonds is 5. The number of para-hydroxylation sites is 3. The minimum Gasteiger partial charge on any atom is -0.507 e. The zero-order valence-corrected chi connectivity index (χ0v) is 12.8. The normalized spacial score (nSPS) is 11.0. The number of hydrogen-bond acceptors (Lipinski definition) is 3. The number of phenols is 1. The number of aromatic hydroxyl groups is 1. The van der Waals surface area contributed by atoms with Crippen molar-refractivity contribution < 1.29 is 14.6 Å². The van der Waals surface area contributed by atoms with Crippen LogP contribution in [0.15, 0.2) is 84.9 Å². The van der Waals surface area contributed by atoms with Crippen LogP contribution in [-0.4, -0.2) is 5.11 Å². The molecule has 0 fully saturated rings. The van der Waals surface area contributed by atoms with Gasteiger partial charge in [0.05, 0.1) is 5.56 Å². The molecule has 0 saturated heterocycles. The van der Waals surface area contributed by atoms with Crippen LogP contribution in [0, 0.1) is 0 Å². The second kappa shape index (κ2) is 6.44. The first-order valence-electron chi connectivity index (χ1n) is 7.44. The molecule has 0 bridgehead atoms.